The molecule has 0 rings (SSSR count). The zero-order valence-electron chi connectivity index (χ0n) is 1.76. The average Bonchev–Trinajstić information content (AvgIpc) is 0.918. The second-order valence-corrected chi connectivity index (χ2v) is 0.250. The fraction of sp³-hybridized carbons (Fsp3) is 0. The quantitative estimate of drug-likeness (QED) is 0.459. The van der Waals surface area contributed by atoms with Crippen LogP contribution in [0, 0.1) is 0 Å². The van der Waals surface area contributed by atoms with Gasteiger partial charge in [-0.2, -0.15) is 0 Å². The molecule has 0 spiro atoms. The Bertz CT molecular complexity index is 27.0. The first-order valence-electron chi connectivity index (χ1n) is 0.408. The Kier molecular flexibility index (Phi) is 20.4. The Morgan fingerprint density at radius 2 is 1.25 bits per heavy atom. The predicted octanol–water partition coefficient (Wildman–Crippen LogP) is -0.0249. The average molecular weight is 273 g/mol. The summed E-state index contributed by atoms with van der Waals surface area (Å²) in [5, 5.41) is 0. The molecular weight excluding hydrogens is 272 g/mol. The molecule has 4 heteroatoms. The number of rotatable bonds is 0. The second kappa shape index (κ2) is 9.22. The van der Waals surface area contributed by atoms with Gasteiger partial charge in [0, 0.05) is 26.2 Å². The van der Waals surface area contributed by atoms with Crippen molar-refractivity contribution in [2.24, 2.45) is 0 Å². The van der Waals surface area contributed by atoms with Crippen molar-refractivity contribution < 1.29 is 9.13 Å². The minimum atomic E-state index is -1.42. The van der Waals surface area contributed by atoms with Crippen LogP contribution in [0.1, 0.15) is 0 Å². The minimum Gasteiger partial charge on any atom is -0.241 e. The normalized spacial score (nSPS) is 3.00. The second-order valence-electron chi connectivity index (χ2n) is 0.0833. The molecule has 0 fully saturated rings. The van der Waals surface area contributed by atoms with E-state index in [1.54, 1.807) is 0 Å². The molecule has 0 unspecified atom stereocenters. The maximum atomic E-state index is 8.40. The van der Waals surface area contributed by atoms with Crippen LogP contribution in [0.4, 0.5) is 0 Å². The van der Waals surface area contributed by atoms with Crippen LogP contribution in [0.5, 0.6) is 0 Å². The topological polar surface area (TPSA) is 34.1 Å². The van der Waals surface area contributed by atoms with Crippen molar-refractivity contribution in [2.45, 2.75) is 0 Å². The van der Waals surface area contributed by atoms with Crippen LogP contribution in [0.15, 0.2) is 0 Å². The fourth-order valence-corrected chi connectivity index (χ4v) is 0. The maximum absolute atomic E-state index is 8.40. The summed E-state index contributed by atoms with van der Waals surface area (Å²) in [7, 11) is -1.42. The summed E-state index contributed by atoms with van der Waals surface area (Å²) in [5.41, 5.74) is 0. The molecule has 0 aromatic carbocycles. The zero-order valence-corrected chi connectivity index (χ0v) is 6.24. The molecule has 0 atom stereocenters. The fourth-order valence-electron chi connectivity index (χ4n) is 0. The van der Waals surface area contributed by atoms with Crippen LogP contribution in [-0.4, -0.2) is 26.2 Å². The van der Waals surface area contributed by atoms with Crippen LogP contribution in [0.25, 0.3) is 0 Å². The molecule has 0 N–H and O–H groups in total. The van der Waals surface area contributed by atoms with E-state index in [1.807, 2.05) is 0 Å². The maximum Gasteiger partial charge on any atom is 0.303 e. The Hall–Kier alpha value is 0.783. The van der Waals surface area contributed by atoms with E-state index in [4.69, 9.17) is 9.13 Å². The van der Waals surface area contributed by atoms with E-state index in [9.17, 15) is 0 Å². The molecule has 23 valence electrons. The van der Waals surface area contributed by atoms with Crippen LogP contribution < -0.4 is 0 Å². The summed E-state index contributed by atoms with van der Waals surface area (Å²) in [6.07, 6.45) is 0. The third-order valence-corrected chi connectivity index (χ3v) is 0. The van der Waals surface area contributed by atoms with Crippen LogP contribution in [0.3, 0.4) is 0 Å². The van der Waals surface area contributed by atoms with Gasteiger partial charge in [0.25, 0.3) is 0 Å². The van der Waals surface area contributed by atoms with E-state index in [-0.39, 0.29) is 26.2 Å². The van der Waals surface area contributed by atoms with Crippen LogP contribution in [-0.2, 0) is 9.13 Å². The van der Waals surface area contributed by atoms with Gasteiger partial charge < -0.3 is 0 Å². The zero-order chi connectivity index (χ0) is 2.71. The van der Waals surface area contributed by atoms with E-state index < -0.39 is 8.34 Å². The first-order chi connectivity index (χ1) is 1.41. The number of hydrogen-bond acceptors (Lipinski definition) is 2. The van der Waals surface area contributed by atoms with E-state index in [0.29, 0.717) is 0 Å². The monoisotopic (exact) mass is 273 g/mol. The summed E-state index contributed by atoms with van der Waals surface area (Å²) >= 11 is 0. The summed E-state index contributed by atoms with van der Waals surface area (Å²) in [6.45, 7) is 0. The van der Waals surface area contributed by atoms with Gasteiger partial charge in [-0.15, -0.1) is 0 Å². The van der Waals surface area contributed by atoms with Crippen molar-refractivity contribution >= 4 is 34.5 Å². The molecule has 4 heavy (non-hydrogen) atoms. The van der Waals surface area contributed by atoms with Crippen molar-refractivity contribution in [3.63, 3.8) is 0 Å². The Morgan fingerprint density at radius 3 is 1.25 bits per heavy atom. The largest absolute Gasteiger partial charge is 0.303 e. The molecule has 2 nitrogen and oxygen atoms in total. The van der Waals surface area contributed by atoms with Crippen molar-refractivity contribution in [3.8, 4) is 0 Å². The van der Waals surface area contributed by atoms with E-state index in [0.717, 1.165) is 0 Å². The third-order valence-electron chi connectivity index (χ3n) is 0. The van der Waals surface area contributed by atoms with Gasteiger partial charge in [0.15, 0.2) is 0 Å². The summed E-state index contributed by atoms with van der Waals surface area (Å²) in [5.74, 6) is 0. The van der Waals surface area contributed by atoms with Crippen molar-refractivity contribution in [1.29, 1.82) is 0 Å². The van der Waals surface area contributed by atoms with Crippen LogP contribution >= 0.6 is 8.34 Å². The van der Waals surface area contributed by atoms with Crippen molar-refractivity contribution in [2.75, 3.05) is 0 Å². The predicted molar refractivity (Wildman–Crippen MR) is 15.4 cm³/mol. The molecule has 0 aliphatic rings. The van der Waals surface area contributed by atoms with Gasteiger partial charge in [-0.3, -0.25) is 0 Å². The number of hydrogen-bond donors (Lipinski definition) is 0. The molecule has 3 radical (unpaired) electrons. The first-order valence-corrected chi connectivity index (χ1v) is 1.22. The molecule has 0 aromatic rings. The van der Waals surface area contributed by atoms with Crippen LogP contribution in [0.2, 0.25) is 0 Å². The molecule has 0 aliphatic carbocycles. The minimum absolute atomic E-state index is 0. The first kappa shape index (κ1) is 8.84. The van der Waals surface area contributed by atoms with Gasteiger partial charge in [0.2, 0.25) is 0 Å². The van der Waals surface area contributed by atoms with Gasteiger partial charge in [-0.1, -0.05) is 0 Å². The van der Waals surface area contributed by atoms with Crippen molar-refractivity contribution in [1.82, 2.24) is 0 Å². The van der Waals surface area contributed by atoms with Crippen molar-refractivity contribution in [3.05, 3.63) is 0 Å². The molecule has 0 saturated heterocycles. The SMILES string of the molecule is O=[PH]=O.[Bi]. The molecule has 0 saturated carbocycles. The molecule has 0 bridgehead atoms. The van der Waals surface area contributed by atoms with Gasteiger partial charge >= 0.3 is 8.34 Å². The molecule has 0 amide bonds. The molecule has 0 aromatic heterocycles. The Labute approximate surface area is 43.9 Å². The molecule has 0 heterocycles. The van der Waals surface area contributed by atoms with Gasteiger partial charge in [-0.25, -0.2) is 9.13 Å². The third kappa shape index (κ3) is 14.4. The summed E-state index contributed by atoms with van der Waals surface area (Å²) < 4.78 is 16.8. The van der Waals surface area contributed by atoms with Gasteiger partial charge in [-0.05, 0) is 0 Å². The standard InChI is InChI=1S/Bi.HO2P/c;1-3-2/h;3H. The smallest absolute Gasteiger partial charge is 0.241 e. The Balaban J connectivity index is 0. The summed E-state index contributed by atoms with van der Waals surface area (Å²) in [6, 6.07) is 0. The Morgan fingerprint density at radius 1 is 1.25 bits per heavy atom. The molecule has 0 aliphatic heterocycles. The van der Waals surface area contributed by atoms with E-state index in [1.165, 1.54) is 0 Å². The molecular formula is HBiO2P. The van der Waals surface area contributed by atoms with Gasteiger partial charge in [0.05, 0.1) is 0 Å². The van der Waals surface area contributed by atoms with E-state index >= 15 is 0 Å². The summed E-state index contributed by atoms with van der Waals surface area (Å²) in [4.78, 5) is 0. The van der Waals surface area contributed by atoms with Gasteiger partial charge in [0.1, 0.15) is 0 Å². The van der Waals surface area contributed by atoms with E-state index in [2.05, 4.69) is 0 Å².